The van der Waals surface area contributed by atoms with Crippen molar-refractivity contribution in [2.45, 2.75) is 12.0 Å². The van der Waals surface area contributed by atoms with Crippen LogP contribution in [0.25, 0.3) is 0 Å². The molecule has 0 amide bonds. The summed E-state index contributed by atoms with van der Waals surface area (Å²) in [6.07, 6.45) is 2.11. The lowest BCUT2D eigenvalue weighted by atomic mass is 10.0. The number of hydrogen-bond donors (Lipinski definition) is 2. The molecule has 0 bridgehead atoms. The number of pyridine rings is 1. The molecule has 1 aromatic heterocycles. The van der Waals surface area contributed by atoms with Crippen LogP contribution in [-0.4, -0.2) is 48.5 Å². The van der Waals surface area contributed by atoms with Crippen LogP contribution in [-0.2, 0) is 9.47 Å². The van der Waals surface area contributed by atoms with Gasteiger partial charge in [-0.2, -0.15) is 0 Å². The molecule has 0 spiro atoms. The SMILES string of the molecule is COC(=O)c1ccnc(NCC2(O)CCOC2)c1. The number of aromatic nitrogens is 1. The summed E-state index contributed by atoms with van der Waals surface area (Å²) >= 11 is 0. The predicted octanol–water partition coefficient (Wildman–Crippen LogP) is 0.431. The van der Waals surface area contributed by atoms with E-state index in [-0.39, 0.29) is 0 Å². The number of aliphatic hydroxyl groups is 1. The lowest BCUT2D eigenvalue weighted by molar-refractivity contribution is 0.0381. The Morgan fingerprint density at radius 1 is 1.72 bits per heavy atom. The highest BCUT2D eigenvalue weighted by atomic mass is 16.5. The fourth-order valence-electron chi connectivity index (χ4n) is 1.76. The Kier molecular flexibility index (Phi) is 3.78. The Bertz CT molecular complexity index is 430. The predicted molar refractivity (Wildman–Crippen MR) is 64.5 cm³/mol. The van der Waals surface area contributed by atoms with Crippen molar-refractivity contribution in [3.8, 4) is 0 Å². The van der Waals surface area contributed by atoms with Crippen molar-refractivity contribution >= 4 is 11.8 Å². The van der Waals surface area contributed by atoms with Crippen LogP contribution >= 0.6 is 0 Å². The standard InChI is InChI=1S/C12H16N2O4/c1-17-11(15)9-2-4-13-10(6-9)14-7-12(16)3-5-18-8-12/h2,4,6,16H,3,5,7-8H2,1H3,(H,13,14). The van der Waals surface area contributed by atoms with Crippen LogP contribution in [0, 0.1) is 0 Å². The maximum Gasteiger partial charge on any atom is 0.338 e. The summed E-state index contributed by atoms with van der Waals surface area (Å²) in [6, 6.07) is 3.16. The molecule has 0 aromatic carbocycles. The van der Waals surface area contributed by atoms with Crippen molar-refractivity contribution in [1.82, 2.24) is 4.98 Å². The zero-order chi connectivity index (χ0) is 13.0. The molecule has 2 heterocycles. The monoisotopic (exact) mass is 252 g/mol. The van der Waals surface area contributed by atoms with Crippen molar-refractivity contribution in [3.05, 3.63) is 23.9 Å². The van der Waals surface area contributed by atoms with Crippen molar-refractivity contribution < 1.29 is 19.4 Å². The van der Waals surface area contributed by atoms with Gasteiger partial charge in [-0.1, -0.05) is 0 Å². The quantitative estimate of drug-likeness (QED) is 0.756. The lowest BCUT2D eigenvalue weighted by Crippen LogP contribution is -2.37. The second-order valence-corrected chi connectivity index (χ2v) is 4.30. The molecule has 1 atom stereocenters. The van der Waals surface area contributed by atoms with Crippen LogP contribution in [0.2, 0.25) is 0 Å². The molecule has 0 saturated carbocycles. The average Bonchev–Trinajstić information content (AvgIpc) is 2.83. The Hall–Kier alpha value is -1.66. The Morgan fingerprint density at radius 2 is 2.56 bits per heavy atom. The van der Waals surface area contributed by atoms with Crippen LogP contribution in [0.4, 0.5) is 5.82 Å². The third kappa shape index (κ3) is 2.96. The van der Waals surface area contributed by atoms with Gasteiger partial charge in [0.1, 0.15) is 11.4 Å². The van der Waals surface area contributed by atoms with Crippen LogP contribution in [0.15, 0.2) is 18.3 Å². The number of methoxy groups -OCH3 is 1. The minimum atomic E-state index is -0.858. The molecular weight excluding hydrogens is 236 g/mol. The molecule has 1 aliphatic rings. The highest BCUT2D eigenvalue weighted by Crippen LogP contribution is 2.19. The van der Waals surface area contributed by atoms with Crippen LogP contribution in [0.3, 0.4) is 0 Å². The van der Waals surface area contributed by atoms with Gasteiger partial charge in [-0.3, -0.25) is 0 Å². The summed E-state index contributed by atoms with van der Waals surface area (Å²) in [4.78, 5) is 15.4. The first-order valence-electron chi connectivity index (χ1n) is 5.71. The minimum Gasteiger partial charge on any atom is -0.465 e. The zero-order valence-electron chi connectivity index (χ0n) is 10.2. The van der Waals surface area contributed by atoms with E-state index in [0.717, 1.165) is 0 Å². The number of anilines is 1. The van der Waals surface area contributed by atoms with Gasteiger partial charge in [0.2, 0.25) is 0 Å². The van der Waals surface area contributed by atoms with E-state index in [1.807, 2.05) is 0 Å². The molecule has 6 heteroatoms. The molecule has 1 aliphatic heterocycles. The number of carbonyl (C=O) groups is 1. The second-order valence-electron chi connectivity index (χ2n) is 4.30. The number of rotatable bonds is 4. The van der Waals surface area contributed by atoms with E-state index >= 15 is 0 Å². The van der Waals surface area contributed by atoms with E-state index in [0.29, 0.717) is 37.6 Å². The van der Waals surface area contributed by atoms with Crippen molar-refractivity contribution in [2.75, 3.05) is 32.2 Å². The first-order valence-corrected chi connectivity index (χ1v) is 5.71. The molecular formula is C12H16N2O4. The first-order chi connectivity index (χ1) is 8.63. The maximum atomic E-state index is 11.3. The topological polar surface area (TPSA) is 80.7 Å². The maximum absolute atomic E-state index is 11.3. The second kappa shape index (κ2) is 5.32. The van der Waals surface area contributed by atoms with E-state index in [1.54, 1.807) is 12.1 Å². The van der Waals surface area contributed by atoms with Crippen molar-refractivity contribution in [1.29, 1.82) is 0 Å². The lowest BCUT2D eigenvalue weighted by Gasteiger charge is -2.20. The molecule has 1 aromatic rings. The van der Waals surface area contributed by atoms with Crippen molar-refractivity contribution in [3.63, 3.8) is 0 Å². The van der Waals surface area contributed by atoms with E-state index in [4.69, 9.17) is 4.74 Å². The van der Waals surface area contributed by atoms with E-state index in [2.05, 4.69) is 15.0 Å². The van der Waals surface area contributed by atoms with Crippen LogP contribution in [0.5, 0.6) is 0 Å². The number of carbonyl (C=O) groups excluding carboxylic acids is 1. The molecule has 98 valence electrons. The largest absolute Gasteiger partial charge is 0.465 e. The van der Waals surface area contributed by atoms with Crippen LogP contribution in [0.1, 0.15) is 16.8 Å². The van der Waals surface area contributed by atoms with Crippen molar-refractivity contribution in [2.24, 2.45) is 0 Å². The molecule has 2 rings (SSSR count). The Labute approximate surface area is 105 Å². The van der Waals surface area contributed by atoms with Gasteiger partial charge in [0.25, 0.3) is 0 Å². The smallest absolute Gasteiger partial charge is 0.338 e. The fraction of sp³-hybridized carbons (Fsp3) is 0.500. The van der Waals surface area contributed by atoms with Gasteiger partial charge in [-0.05, 0) is 12.1 Å². The zero-order valence-corrected chi connectivity index (χ0v) is 10.2. The summed E-state index contributed by atoms with van der Waals surface area (Å²) < 4.78 is 9.77. The minimum absolute atomic E-state index is 0.316. The normalized spacial score (nSPS) is 22.8. The number of nitrogens with one attached hydrogen (secondary N) is 1. The third-order valence-corrected chi connectivity index (χ3v) is 2.86. The molecule has 0 radical (unpaired) electrons. The average molecular weight is 252 g/mol. The molecule has 1 saturated heterocycles. The highest BCUT2D eigenvalue weighted by molar-refractivity contribution is 5.89. The molecule has 18 heavy (non-hydrogen) atoms. The third-order valence-electron chi connectivity index (χ3n) is 2.86. The van der Waals surface area contributed by atoms with E-state index in [1.165, 1.54) is 13.3 Å². The highest BCUT2D eigenvalue weighted by Gasteiger charge is 2.31. The summed E-state index contributed by atoms with van der Waals surface area (Å²) in [6.45, 7) is 1.22. The fourth-order valence-corrected chi connectivity index (χ4v) is 1.76. The molecule has 2 N–H and O–H groups in total. The molecule has 1 fully saturated rings. The van der Waals surface area contributed by atoms with Gasteiger partial charge >= 0.3 is 5.97 Å². The summed E-state index contributed by atoms with van der Waals surface area (Å²) in [5, 5.41) is 13.1. The van der Waals surface area contributed by atoms with Gasteiger partial charge in [0, 0.05) is 25.8 Å². The van der Waals surface area contributed by atoms with Gasteiger partial charge in [-0.15, -0.1) is 0 Å². The summed E-state index contributed by atoms with van der Waals surface area (Å²) in [5.41, 5.74) is -0.437. The number of hydrogen-bond acceptors (Lipinski definition) is 6. The first kappa shape index (κ1) is 12.8. The van der Waals surface area contributed by atoms with Crippen LogP contribution < -0.4 is 5.32 Å². The number of ether oxygens (including phenoxy) is 2. The van der Waals surface area contributed by atoms with E-state index in [9.17, 15) is 9.90 Å². The summed E-state index contributed by atoms with van der Waals surface area (Å²) in [5.74, 6) is 0.113. The molecule has 1 unspecified atom stereocenters. The number of nitrogens with zero attached hydrogens (tertiary/aromatic N) is 1. The van der Waals surface area contributed by atoms with Gasteiger partial charge < -0.3 is 19.9 Å². The molecule has 0 aliphatic carbocycles. The summed E-state index contributed by atoms with van der Waals surface area (Å²) in [7, 11) is 1.33. The van der Waals surface area contributed by atoms with E-state index < -0.39 is 11.6 Å². The van der Waals surface area contributed by atoms with Gasteiger partial charge in [-0.25, -0.2) is 9.78 Å². The van der Waals surface area contributed by atoms with Gasteiger partial charge in [0.05, 0.1) is 19.3 Å². The number of esters is 1. The molecule has 6 nitrogen and oxygen atoms in total. The Morgan fingerprint density at radius 3 is 3.22 bits per heavy atom. The Balaban J connectivity index is 1.99. The van der Waals surface area contributed by atoms with Gasteiger partial charge in [0.15, 0.2) is 0 Å².